The van der Waals surface area contributed by atoms with Crippen LogP contribution in [0, 0.1) is 5.41 Å². The summed E-state index contributed by atoms with van der Waals surface area (Å²) in [6.45, 7) is 10.1. The van der Waals surface area contributed by atoms with Crippen LogP contribution in [0.5, 0.6) is 0 Å². The minimum absolute atomic E-state index is 0.163. The van der Waals surface area contributed by atoms with Gasteiger partial charge in [-0.15, -0.1) is 0 Å². The highest BCUT2D eigenvalue weighted by atomic mass is 16.5. The fourth-order valence-corrected chi connectivity index (χ4v) is 2.10. The average molecular weight is 194 g/mol. The Bertz CT molecular complexity index is 321. The second-order valence-corrected chi connectivity index (χ2v) is 4.12. The van der Waals surface area contributed by atoms with Crippen molar-refractivity contribution in [1.29, 1.82) is 0 Å². The molecule has 1 aliphatic rings. The summed E-state index contributed by atoms with van der Waals surface area (Å²) in [6, 6.07) is 0. The fraction of sp³-hybridized carbons (Fsp3) is 0.583. The molecular weight excluding hydrogens is 176 g/mol. The summed E-state index contributed by atoms with van der Waals surface area (Å²) in [4.78, 5) is 11.8. The van der Waals surface area contributed by atoms with Crippen LogP contribution in [0.1, 0.15) is 34.6 Å². The lowest BCUT2D eigenvalue weighted by molar-refractivity contribution is -0.147. The molecule has 0 heterocycles. The van der Waals surface area contributed by atoms with Gasteiger partial charge in [-0.1, -0.05) is 0 Å². The first kappa shape index (κ1) is 11.0. The number of carbonyl (C=O) groups excluding carboxylic acids is 1. The highest BCUT2D eigenvalue weighted by molar-refractivity contribution is 5.86. The first-order chi connectivity index (χ1) is 6.37. The molecule has 2 heteroatoms. The Balaban J connectivity index is 3.33. The maximum Gasteiger partial charge on any atom is 0.319 e. The quantitative estimate of drug-likeness (QED) is 0.600. The van der Waals surface area contributed by atoms with Gasteiger partial charge >= 0.3 is 5.97 Å². The Morgan fingerprint density at radius 1 is 1.07 bits per heavy atom. The Morgan fingerprint density at radius 3 is 1.71 bits per heavy atom. The average Bonchev–Trinajstić information content (AvgIpc) is 2.34. The summed E-state index contributed by atoms with van der Waals surface area (Å²) in [5.74, 6) is -0.163. The summed E-state index contributed by atoms with van der Waals surface area (Å²) < 4.78 is 4.87. The second kappa shape index (κ2) is 3.26. The van der Waals surface area contributed by atoms with Gasteiger partial charge in [0.15, 0.2) is 0 Å². The van der Waals surface area contributed by atoms with Crippen LogP contribution in [0.2, 0.25) is 0 Å². The van der Waals surface area contributed by atoms with E-state index in [1.807, 2.05) is 20.8 Å². The minimum atomic E-state index is -0.539. The Hall–Kier alpha value is -1.05. The van der Waals surface area contributed by atoms with Crippen LogP contribution < -0.4 is 0 Å². The molecule has 0 aliphatic heterocycles. The molecule has 2 nitrogen and oxygen atoms in total. The number of rotatable bonds is 1. The highest BCUT2D eigenvalue weighted by Crippen LogP contribution is 2.46. The molecule has 0 spiro atoms. The molecular formula is C12H18O2. The van der Waals surface area contributed by atoms with Gasteiger partial charge in [-0.05, 0) is 56.9 Å². The van der Waals surface area contributed by atoms with E-state index in [2.05, 4.69) is 13.8 Å². The number of esters is 1. The third-order valence-electron chi connectivity index (χ3n) is 3.78. The van der Waals surface area contributed by atoms with Crippen molar-refractivity contribution in [3.63, 3.8) is 0 Å². The molecule has 0 N–H and O–H groups in total. The van der Waals surface area contributed by atoms with E-state index in [0.29, 0.717) is 0 Å². The van der Waals surface area contributed by atoms with Crippen molar-refractivity contribution >= 4 is 5.97 Å². The molecule has 1 aliphatic carbocycles. The van der Waals surface area contributed by atoms with E-state index in [1.54, 1.807) is 0 Å². The third kappa shape index (κ3) is 1.13. The van der Waals surface area contributed by atoms with E-state index in [1.165, 1.54) is 18.3 Å². The maximum absolute atomic E-state index is 11.8. The molecule has 14 heavy (non-hydrogen) atoms. The summed E-state index contributed by atoms with van der Waals surface area (Å²) in [6.07, 6.45) is 0. The molecule has 0 saturated carbocycles. The predicted molar refractivity (Wildman–Crippen MR) is 56.9 cm³/mol. The monoisotopic (exact) mass is 194 g/mol. The van der Waals surface area contributed by atoms with Gasteiger partial charge in [0, 0.05) is 0 Å². The first-order valence-corrected chi connectivity index (χ1v) is 4.82. The van der Waals surface area contributed by atoms with Crippen LogP contribution in [0.25, 0.3) is 0 Å². The van der Waals surface area contributed by atoms with Gasteiger partial charge in [-0.2, -0.15) is 0 Å². The Kier molecular flexibility index (Phi) is 2.57. The third-order valence-corrected chi connectivity index (χ3v) is 3.78. The SMILES string of the molecule is COC(=O)C1(C)C(C)=C(C)C(C)=C1C. The van der Waals surface area contributed by atoms with Crippen LogP contribution in [0.4, 0.5) is 0 Å². The number of hydrogen-bond donors (Lipinski definition) is 0. The smallest absolute Gasteiger partial charge is 0.319 e. The number of allylic oxidation sites excluding steroid dienone is 2. The van der Waals surface area contributed by atoms with Crippen molar-refractivity contribution < 1.29 is 9.53 Å². The van der Waals surface area contributed by atoms with Crippen molar-refractivity contribution in [3.8, 4) is 0 Å². The molecule has 0 aromatic heterocycles. The van der Waals surface area contributed by atoms with Gasteiger partial charge in [-0.3, -0.25) is 4.79 Å². The van der Waals surface area contributed by atoms with Gasteiger partial charge < -0.3 is 4.74 Å². The van der Waals surface area contributed by atoms with Crippen molar-refractivity contribution in [3.05, 3.63) is 22.3 Å². The Morgan fingerprint density at radius 2 is 1.43 bits per heavy atom. The van der Waals surface area contributed by atoms with Gasteiger partial charge in [-0.25, -0.2) is 0 Å². The zero-order valence-electron chi connectivity index (χ0n) is 9.82. The van der Waals surface area contributed by atoms with E-state index < -0.39 is 5.41 Å². The van der Waals surface area contributed by atoms with Crippen molar-refractivity contribution in [2.75, 3.05) is 7.11 Å². The van der Waals surface area contributed by atoms with Crippen LogP contribution in [-0.4, -0.2) is 13.1 Å². The normalized spacial score (nSPS) is 20.4. The van der Waals surface area contributed by atoms with E-state index >= 15 is 0 Å². The first-order valence-electron chi connectivity index (χ1n) is 4.82. The van der Waals surface area contributed by atoms with Gasteiger partial charge in [0.05, 0.1) is 7.11 Å². The lowest BCUT2D eigenvalue weighted by Gasteiger charge is -2.25. The van der Waals surface area contributed by atoms with E-state index in [-0.39, 0.29) is 5.97 Å². The van der Waals surface area contributed by atoms with Crippen LogP contribution in [-0.2, 0) is 9.53 Å². The van der Waals surface area contributed by atoms with Crippen molar-refractivity contribution in [2.45, 2.75) is 34.6 Å². The maximum atomic E-state index is 11.8. The van der Waals surface area contributed by atoms with E-state index in [9.17, 15) is 4.79 Å². The zero-order valence-corrected chi connectivity index (χ0v) is 9.82. The van der Waals surface area contributed by atoms with Crippen LogP contribution >= 0.6 is 0 Å². The molecule has 0 fully saturated rings. The number of carbonyl (C=O) groups is 1. The standard InChI is InChI=1S/C12H18O2/c1-7-8(2)10(4)12(5,9(7)3)11(13)14-6/h1-6H3. The molecule has 0 radical (unpaired) electrons. The molecule has 0 amide bonds. The molecule has 0 bridgehead atoms. The number of ether oxygens (including phenoxy) is 1. The van der Waals surface area contributed by atoms with E-state index in [4.69, 9.17) is 4.74 Å². The lowest BCUT2D eigenvalue weighted by atomic mass is 9.79. The van der Waals surface area contributed by atoms with Gasteiger partial charge in [0.1, 0.15) is 5.41 Å². The highest BCUT2D eigenvalue weighted by Gasteiger charge is 2.43. The second-order valence-electron chi connectivity index (χ2n) is 4.12. The Labute approximate surface area is 85.6 Å². The zero-order chi connectivity index (χ0) is 11.1. The topological polar surface area (TPSA) is 26.3 Å². The summed E-state index contributed by atoms with van der Waals surface area (Å²) in [5, 5.41) is 0. The van der Waals surface area contributed by atoms with Crippen molar-refractivity contribution in [1.82, 2.24) is 0 Å². The largest absolute Gasteiger partial charge is 0.468 e. The number of hydrogen-bond acceptors (Lipinski definition) is 2. The fourth-order valence-electron chi connectivity index (χ4n) is 2.10. The summed E-state index contributed by atoms with van der Waals surface area (Å²) in [5.41, 5.74) is 4.12. The summed E-state index contributed by atoms with van der Waals surface area (Å²) in [7, 11) is 1.44. The summed E-state index contributed by atoms with van der Waals surface area (Å²) >= 11 is 0. The lowest BCUT2D eigenvalue weighted by Crippen LogP contribution is -2.30. The molecule has 78 valence electrons. The molecule has 0 atom stereocenters. The van der Waals surface area contributed by atoms with Gasteiger partial charge in [0.2, 0.25) is 0 Å². The molecule has 1 rings (SSSR count). The van der Waals surface area contributed by atoms with Crippen LogP contribution in [0.3, 0.4) is 0 Å². The molecule has 0 aromatic carbocycles. The van der Waals surface area contributed by atoms with E-state index in [0.717, 1.165) is 11.1 Å². The van der Waals surface area contributed by atoms with Crippen molar-refractivity contribution in [2.24, 2.45) is 5.41 Å². The van der Waals surface area contributed by atoms with Gasteiger partial charge in [0.25, 0.3) is 0 Å². The minimum Gasteiger partial charge on any atom is -0.468 e. The molecule has 0 saturated heterocycles. The molecule has 0 aromatic rings. The number of methoxy groups -OCH3 is 1. The van der Waals surface area contributed by atoms with Crippen LogP contribution in [0.15, 0.2) is 22.3 Å². The predicted octanol–water partition coefficient (Wildman–Crippen LogP) is 2.85. The molecule has 0 unspecified atom stereocenters.